The summed E-state index contributed by atoms with van der Waals surface area (Å²) in [5, 5.41) is 0. The molecule has 2 aromatic rings. The van der Waals surface area contributed by atoms with Gasteiger partial charge in [0.1, 0.15) is 5.75 Å². The van der Waals surface area contributed by atoms with Crippen LogP contribution >= 0.6 is 0 Å². The highest BCUT2D eigenvalue weighted by Gasteiger charge is 2.08. The highest BCUT2D eigenvalue weighted by atomic mass is 19.2. The smallest absolute Gasteiger partial charge is 0.200 e. The van der Waals surface area contributed by atoms with Gasteiger partial charge in [-0.15, -0.1) is 0 Å². The first kappa shape index (κ1) is 13.2. The molecule has 0 spiro atoms. The van der Waals surface area contributed by atoms with Crippen molar-refractivity contribution in [3.63, 3.8) is 0 Å². The van der Waals surface area contributed by atoms with Crippen LogP contribution in [0.15, 0.2) is 42.5 Å². The highest BCUT2D eigenvalue weighted by molar-refractivity contribution is 5.97. The summed E-state index contributed by atoms with van der Waals surface area (Å²) in [5.74, 6) is -2.04. The monoisotopic (exact) mass is 262 g/mol. The summed E-state index contributed by atoms with van der Waals surface area (Å²) < 4.78 is 30.8. The molecule has 0 fully saturated rings. The maximum atomic E-state index is 12.9. The molecule has 0 aromatic heterocycles. The quantitative estimate of drug-likeness (QED) is 0.788. The minimum absolute atomic E-state index is 0.125. The number of ether oxygens (including phenoxy) is 1. The number of halogens is 2. The standard InChI is InChI=1S/C15H12F2O2/c1-10-3-2-4-11(7-10)15(18)9-19-12-5-6-13(16)14(17)8-12/h2-8H,9H2,1H3. The third kappa shape index (κ3) is 3.37. The number of aryl methyl sites for hydroxylation is 1. The van der Waals surface area contributed by atoms with Crippen LogP contribution in [0.1, 0.15) is 15.9 Å². The predicted octanol–water partition coefficient (Wildman–Crippen LogP) is 3.53. The van der Waals surface area contributed by atoms with Gasteiger partial charge in [0.2, 0.25) is 0 Å². The van der Waals surface area contributed by atoms with E-state index < -0.39 is 11.6 Å². The van der Waals surface area contributed by atoms with Gasteiger partial charge in [-0.3, -0.25) is 4.79 Å². The van der Waals surface area contributed by atoms with Gasteiger partial charge in [-0.1, -0.05) is 23.8 Å². The van der Waals surface area contributed by atoms with E-state index in [0.717, 1.165) is 17.7 Å². The van der Waals surface area contributed by atoms with E-state index in [1.807, 2.05) is 13.0 Å². The number of hydrogen-bond donors (Lipinski definition) is 0. The van der Waals surface area contributed by atoms with Gasteiger partial charge in [-0.25, -0.2) is 8.78 Å². The summed E-state index contributed by atoms with van der Waals surface area (Å²) in [4.78, 5) is 11.8. The van der Waals surface area contributed by atoms with Crippen molar-refractivity contribution in [3.05, 3.63) is 65.2 Å². The molecule has 0 saturated carbocycles. The van der Waals surface area contributed by atoms with Crippen molar-refractivity contribution < 1.29 is 18.3 Å². The number of rotatable bonds is 4. The molecule has 0 aliphatic heterocycles. The summed E-state index contributed by atoms with van der Waals surface area (Å²) in [6.07, 6.45) is 0. The number of ketones is 1. The Labute approximate surface area is 109 Å². The second-order valence-electron chi connectivity index (χ2n) is 4.16. The number of benzene rings is 2. The Morgan fingerprint density at radius 1 is 1.11 bits per heavy atom. The second-order valence-corrected chi connectivity index (χ2v) is 4.16. The maximum absolute atomic E-state index is 12.9. The summed E-state index contributed by atoms with van der Waals surface area (Å²) in [6.45, 7) is 1.67. The summed E-state index contributed by atoms with van der Waals surface area (Å²) in [6, 6.07) is 10.2. The summed E-state index contributed by atoms with van der Waals surface area (Å²) >= 11 is 0. The van der Waals surface area contributed by atoms with Crippen molar-refractivity contribution in [3.8, 4) is 5.75 Å². The molecule has 0 heterocycles. The van der Waals surface area contributed by atoms with Crippen LogP contribution < -0.4 is 4.74 Å². The fourth-order valence-corrected chi connectivity index (χ4v) is 1.62. The normalized spacial score (nSPS) is 10.3. The first-order chi connectivity index (χ1) is 9.06. The van der Waals surface area contributed by atoms with Gasteiger partial charge < -0.3 is 4.74 Å². The Kier molecular flexibility index (Phi) is 3.90. The first-order valence-electron chi connectivity index (χ1n) is 5.74. The molecular formula is C15H12F2O2. The van der Waals surface area contributed by atoms with Crippen molar-refractivity contribution in [1.82, 2.24) is 0 Å². The highest BCUT2D eigenvalue weighted by Crippen LogP contribution is 2.16. The predicted molar refractivity (Wildman–Crippen MR) is 67.4 cm³/mol. The third-order valence-corrected chi connectivity index (χ3v) is 2.60. The number of carbonyl (C=O) groups is 1. The fraction of sp³-hybridized carbons (Fsp3) is 0.133. The number of hydrogen-bond acceptors (Lipinski definition) is 2. The maximum Gasteiger partial charge on any atom is 0.200 e. The lowest BCUT2D eigenvalue weighted by Crippen LogP contribution is -2.11. The van der Waals surface area contributed by atoms with E-state index in [-0.39, 0.29) is 18.1 Å². The minimum atomic E-state index is -1.000. The fourth-order valence-electron chi connectivity index (χ4n) is 1.62. The molecule has 19 heavy (non-hydrogen) atoms. The van der Waals surface area contributed by atoms with Crippen LogP contribution in [0.2, 0.25) is 0 Å². The molecule has 0 bridgehead atoms. The largest absolute Gasteiger partial charge is 0.485 e. The van der Waals surface area contributed by atoms with Gasteiger partial charge in [-0.2, -0.15) is 0 Å². The second kappa shape index (κ2) is 5.61. The van der Waals surface area contributed by atoms with Crippen molar-refractivity contribution in [2.45, 2.75) is 6.92 Å². The lowest BCUT2D eigenvalue weighted by atomic mass is 10.1. The van der Waals surface area contributed by atoms with Gasteiger partial charge >= 0.3 is 0 Å². The van der Waals surface area contributed by atoms with E-state index in [1.165, 1.54) is 6.07 Å². The zero-order valence-corrected chi connectivity index (χ0v) is 10.3. The molecule has 2 rings (SSSR count). The molecule has 0 atom stereocenters. The molecule has 0 unspecified atom stereocenters. The van der Waals surface area contributed by atoms with Gasteiger partial charge in [-0.05, 0) is 25.1 Å². The van der Waals surface area contributed by atoms with Crippen molar-refractivity contribution in [2.24, 2.45) is 0 Å². The molecule has 0 radical (unpaired) electrons. The van der Waals surface area contributed by atoms with E-state index in [0.29, 0.717) is 5.56 Å². The van der Waals surface area contributed by atoms with E-state index in [9.17, 15) is 13.6 Å². The molecule has 0 saturated heterocycles. The van der Waals surface area contributed by atoms with Crippen molar-refractivity contribution in [1.29, 1.82) is 0 Å². The molecule has 2 nitrogen and oxygen atoms in total. The van der Waals surface area contributed by atoms with E-state index in [2.05, 4.69) is 0 Å². The van der Waals surface area contributed by atoms with Gasteiger partial charge in [0, 0.05) is 11.6 Å². The molecular weight excluding hydrogens is 250 g/mol. The molecule has 0 aliphatic carbocycles. The third-order valence-electron chi connectivity index (χ3n) is 2.60. The van der Waals surface area contributed by atoms with Crippen molar-refractivity contribution in [2.75, 3.05) is 6.61 Å². The van der Waals surface area contributed by atoms with Gasteiger partial charge in [0.15, 0.2) is 24.0 Å². The van der Waals surface area contributed by atoms with Crippen molar-refractivity contribution >= 4 is 5.78 Å². The molecule has 0 N–H and O–H groups in total. The van der Waals surface area contributed by atoms with Crippen LogP contribution in [-0.4, -0.2) is 12.4 Å². The summed E-state index contributed by atoms with van der Waals surface area (Å²) in [7, 11) is 0. The van der Waals surface area contributed by atoms with Crippen LogP contribution in [0.5, 0.6) is 5.75 Å². The average Bonchev–Trinajstić information content (AvgIpc) is 2.40. The van der Waals surface area contributed by atoms with Gasteiger partial charge in [0.05, 0.1) is 0 Å². The van der Waals surface area contributed by atoms with Crippen LogP contribution in [0.3, 0.4) is 0 Å². The molecule has 0 amide bonds. The zero-order chi connectivity index (χ0) is 13.8. The molecule has 2 aromatic carbocycles. The lowest BCUT2D eigenvalue weighted by Gasteiger charge is -2.06. The van der Waals surface area contributed by atoms with E-state index in [4.69, 9.17) is 4.74 Å². The van der Waals surface area contributed by atoms with Gasteiger partial charge in [0.25, 0.3) is 0 Å². The van der Waals surface area contributed by atoms with E-state index in [1.54, 1.807) is 18.2 Å². The summed E-state index contributed by atoms with van der Waals surface area (Å²) in [5.41, 5.74) is 1.50. The Bertz CT molecular complexity index is 609. The van der Waals surface area contributed by atoms with Crippen LogP contribution in [0, 0.1) is 18.6 Å². The Morgan fingerprint density at radius 3 is 2.58 bits per heavy atom. The van der Waals surface area contributed by atoms with Crippen LogP contribution in [0.25, 0.3) is 0 Å². The van der Waals surface area contributed by atoms with Crippen LogP contribution in [0.4, 0.5) is 8.78 Å². The average molecular weight is 262 g/mol. The number of carbonyl (C=O) groups excluding carboxylic acids is 1. The Balaban J connectivity index is 2.02. The SMILES string of the molecule is Cc1cccc(C(=O)COc2ccc(F)c(F)c2)c1. The molecule has 98 valence electrons. The minimum Gasteiger partial charge on any atom is -0.485 e. The van der Waals surface area contributed by atoms with Crippen LogP contribution in [-0.2, 0) is 0 Å². The van der Waals surface area contributed by atoms with E-state index >= 15 is 0 Å². The molecule has 4 heteroatoms. The first-order valence-corrected chi connectivity index (χ1v) is 5.74. The topological polar surface area (TPSA) is 26.3 Å². The lowest BCUT2D eigenvalue weighted by molar-refractivity contribution is 0.0921. The zero-order valence-electron chi connectivity index (χ0n) is 10.3. The number of Topliss-reactive ketones (excluding diaryl/α,β-unsaturated/α-hetero) is 1. The Morgan fingerprint density at radius 2 is 1.89 bits per heavy atom. The molecule has 0 aliphatic rings. The Hall–Kier alpha value is -2.23.